The molecule has 2 N–H and O–H groups in total. The minimum Gasteiger partial charge on any atom is -0.493 e. The first-order valence-corrected chi connectivity index (χ1v) is 9.43. The summed E-state index contributed by atoms with van der Waals surface area (Å²) in [6.45, 7) is 4.33. The maximum Gasteiger partial charge on any atom is 0.257 e. The summed E-state index contributed by atoms with van der Waals surface area (Å²) >= 11 is 0. The second-order valence-electron chi connectivity index (χ2n) is 7.44. The SMILES string of the molecule is CCc1ccc(C2(C#N)CCN(CC(=O)NO)CC2)cc1OCC1CC1. The third-order valence-electron chi connectivity index (χ3n) is 5.59. The first-order chi connectivity index (χ1) is 12.6. The van der Waals surface area contributed by atoms with Crippen molar-refractivity contribution in [3.05, 3.63) is 29.3 Å². The highest BCUT2D eigenvalue weighted by Crippen LogP contribution is 2.38. The fourth-order valence-electron chi connectivity index (χ4n) is 3.57. The Kier molecular flexibility index (Phi) is 5.80. The summed E-state index contributed by atoms with van der Waals surface area (Å²) in [5, 5.41) is 18.6. The van der Waals surface area contributed by atoms with Gasteiger partial charge < -0.3 is 4.74 Å². The summed E-state index contributed by atoms with van der Waals surface area (Å²) in [7, 11) is 0. The van der Waals surface area contributed by atoms with Crippen molar-refractivity contribution in [3.63, 3.8) is 0 Å². The molecule has 0 spiro atoms. The molecule has 1 aliphatic heterocycles. The molecule has 0 atom stereocenters. The Hall–Kier alpha value is -2.10. The number of carbonyl (C=O) groups is 1. The molecule has 1 aliphatic carbocycles. The van der Waals surface area contributed by atoms with Gasteiger partial charge >= 0.3 is 0 Å². The molecule has 1 amide bonds. The number of hydrogen-bond donors (Lipinski definition) is 2. The molecule has 6 heteroatoms. The van der Waals surface area contributed by atoms with E-state index in [4.69, 9.17) is 9.94 Å². The topological polar surface area (TPSA) is 85.6 Å². The zero-order valence-electron chi connectivity index (χ0n) is 15.3. The molecule has 1 saturated heterocycles. The quantitative estimate of drug-likeness (QED) is 0.578. The highest BCUT2D eigenvalue weighted by Gasteiger charge is 2.37. The molecule has 0 bridgehead atoms. The lowest BCUT2D eigenvalue weighted by Crippen LogP contribution is -2.45. The summed E-state index contributed by atoms with van der Waals surface area (Å²) in [6.07, 6.45) is 4.73. The van der Waals surface area contributed by atoms with Crippen molar-refractivity contribution in [2.75, 3.05) is 26.2 Å². The number of ether oxygens (including phenoxy) is 1. The van der Waals surface area contributed by atoms with Gasteiger partial charge in [0.05, 0.1) is 24.6 Å². The molecule has 0 unspecified atom stereocenters. The lowest BCUT2D eigenvalue weighted by atomic mass is 9.73. The fourth-order valence-corrected chi connectivity index (χ4v) is 3.57. The molecule has 2 aliphatic rings. The van der Waals surface area contributed by atoms with Gasteiger partial charge in [0.25, 0.3) is 5.91 Å². The molecule has 0 radical (unpaired) electrons. The van der Waals surface area contributed by atoms with Crippen molar-refractivity contribution in [3.8, 4) is 11.8 Å². The van der Waals surface area contributed by atoms with Crippen LogP contribution in [0.2, 0.25) is 0 Å². The van der Waals surface area contributed by atoms with E-state index in [1.807, 2.05) is 4.90 Å². The normalized spacial score (nSPS) is 19.6. The van der Waals surface area contributed by atoms with Crippen LogP contribution in [0.3, 0.4) is 0 Å². The van der Waals surface area contributed by atoms with E-state index in [1.54, 1.807) is 5.48 Å². The number of likely N-dealkylation sites (tertiary alicyclic amines) is 1. The monoisotopic (exact) mass is 357 g/mol. The Morgan fingerprint density at radius 2 is 2.15 bits per heavy atom. The van der Waals surface area contributed by atoms with Gasteiger partial charge in [0.1, 0.15) is 5.75 Å². The zero-order chi connectivity index (χ0) is 18.6. The highest BCUT2D eigenvalue weighted by molar-refractivity contribution is 5.76. The van der Waals surface area contributed by atoms with Gasteiger partial charge in [0, 0.05) is 13.1 Å². The lowest BCUT2D eigenvalue weighted by molar-refractivity contribution is -0.130. The average molecular weight is 357 g/mol. The summed E-state index contributed by atoms with van der Waals surface area (Å²) in [4.78, 5) is 13.3. The van der Waals surface area contributed by atoms with E-state index < -0.39 is 11.3 Å². The molecule has 6 nitrogen and oxygen atoms in total. The summed E-state index contributed by atoms with van der Waals surface area (Å²) < 4.78 is 6.06. The molecule has 3 rings (SSSR count). The minimum atomic E-state index is -0.545. The Bertz CT molecular complexity index is 686. The lowest BCUT2D eigenvalue weighted by Gasteiger charge is -2.37. The van der Waals surface area contributed by atoms with Crippen LogP contribution in [-0.2, 0) is 16.6 Å². The van der Waals surface area contributed by atoms with Gasteiger partial charge in [-0.25, -0.2) is 5.48 Å². The van der Waals surface area contributed by atoms with Gasteiger partial charge in [0.15, 0.2) is 0 Å². The van der Waals surface area contributed by atoms with Gasteiger partial charge in [-0.2, -0.15) is 5.26 Å². The van der Waals surface area contributed by atoms with Crippen LogP contribution >= 0.6 is 0 Å². The Labute approximate surface area is 154 Å². The van der Waals surface area contributed by atoms with E-state index in [0.717, 1.165) is 24.3 Å². The number of benzene rings is 1. The van der Waals surface area contributed by atoms with Crippen LogP contribution in [0.1, 0.15) is 43.7 Å². The van der Waals surface area contributed by atoms with Gasteiger partial charge in [-0.1, -0.05) is 19.1 Å². The molecule has 2 fully saturated rings. The minimum absolute atomic E-state index is 0.155. The Morgan fingerprint density at radius 1 is 1.42 bits per heavy atom. The first kappa shape index (κ1) is 18.7. The van der Waals surface area contributed by atoms with Crippen molar-refractivity contribution < 1.29 is 14.7 Å². The number of nitrogens with zero attached hydrogens (tertiary/aromatic N) is 2. The molecule has 1 aromatic rings. The fraction of sp³-hybridized carbons (Fsp3) is 0.600. The van der Waals surface area contributed by atoms with Gasteiger partial charge in [-0.15, -0.1) is 0 Å². The van der Waals surface area contributed by atoms with E-state index in [2.05, 4.69) is 31.2 Å². The van der Waals surface area contributed by atoms with E-state index >= 15 is 0 Å². The van der Waals surface area contributed by atoms with Gasteiger partial charge in [0.2, 0.25) is 0 Å². The summed E-state index contributed by atoms with van der Waals surface area (Å²) in [5.74, 6) is 1.18. The number of hydroxylamine groups is 1. The van der Waals surface area contributed by atoms with Crippen molar-refractivity contribution in [2.24, 2.45) is 5.92 Å². The maximum atomic E-state index is 11.3. The number of nitriles is 1. The second-order valence-corrected chi connectivity index (χ2v) is 7.44. The molecule has 1 heterocycles. The Morgan fingerprint density at radius 3 is 2.73 bits per heavy atom. The van der Waals surface area contributed by atoms with Crippen molar-refractivity contribution in [1.82, 2.24) is 10.4 Å². The maximum absolute atomic E-state index is 11.3. The standard InChI is InChI=1S/C20H27N3O3/c1-2-16-5-6-17(11-18(16)26-13-15-3-4-15)20(14-21)7-9-23(10-8-20)12-19(24)22-25/h5-6,11,15,25H,2-4,7-10,12-13H2,1H3,(H,22,24). The molecule has 26 heavy (non-hydrogen) atoms. The van der Waals surface area contributed by atoms with Crippen LogP contribution in [0, 0.1) is 17.2 Å². The van der Waals surface area contributed by atoms with Crippen LogP contribution in [-0.4, -0.2) is 42.3 Å². The van der Waals surface area contributed by atoms with Crippen molar-refractivity contribution in [1.29, 1.82) is 5.26 Å². The molecule has 1 aromatic carbocycles. The van der Waals surface area contributed by atoms with Crippen molar-refractivity contribution >= 4 is 5.91 Å². The summed E-state index contributed by atoms with van der Waals surface area (Å²) in [5.41, 5.74) is 3.31. The smallest absolute Gasteiger partial charge is 0.257 e. The number of rotatable bonds is 7. The van der Waals surface area contributed by atoms with Gasteiger partial charge in [-0.3, -0.25) is 14.9 Å². The molecule has 140 valence electrons. The van der Waals surface area contributed by atoms with Crippen LogP contribution in [0.4, 0.5) is 0 Å². The molecule has 1 saturated carbocycles. The number of carbonyl (C=O) groups excluding carboxylic acids is 1. The van der Waals surface area contributed by atoms with Gasteiger partial charge in [-0.05, 0) is 55.2 Å². The predicted molar refractivity (Wildman–Crippen MR) is 96.9 cm³/mol. The Balaban J connectivity index is 1.74. The first-order valence-electron chi connectivity index (χ1n) is 9.43. The molecular formula is C20H27N3O3. The summed E-state index contributed by atoms with van der Waals surface area (Å²) in [6, 6.07) is 8.73. The van der Waals surface area contributed by atoms with E-state index in [-0.39, 0.29) is 6.54 Å². The van der Waals surface area contributed by atoms with Crippen LogP contribution < -0.4 is 10.2 Å². The number of nitrogens with one attached hydrogen (secondary N) is 1. The van der Waals surface area contributed by atoms with Crippen LogP contribution in [0.25, 0.3) is 0 Å². The van der Waals surface area contributed by atoms with Crippen LogP contribution in [0.15, 0.2) is 18.2 Å². The van der Waals surface area contributed by atoms with E-state index in [1.165, 1.54) is 18.4 Å². The number of piperidine rings is 1. The van der Waals surface area contributed by atoms with E-state index in [0.29, 0.717) is 31.8 Å². The predicted octanol–water partition coefficient (Wildman–Crippen LogP) is 2.40. The third kappa shape index (κ3) is 4.17. The molecular weight excluding hydrogens is 330 g/mol. The number of hydrogen-bond acceptors (Lipinski definition) is 5. The number of amides is 1. The second kappa shape index (κ2) is 8.07. The number of aryl methyl sites for hydroxylation is 1. The third-order valence-corrected chi connectivity index (χ3v) is 5.59. The largest absolute Gasteiger partial charge is 0.493 e. The van der Waals surface area contributed by atoms with E-state index in [9.17, 15) is 10.1 Å². The molecule has 0 aromatic heterocycles. The van der Waals surface area contributed by atoms with Crippen molar-refractivity contribution in [2.45, 2.75) is 44.4 Å². The van der Waals surface area contributed by atoms with Crippen LogP contribution in [0.5, 0.6) is 5.75 Å². The zero-order valence-corrected chi connectivity index (χ0v) is 15.3. The highest BCUT2D eigenvalue weighted by atomic mass is 16.5. The average Bonchev–Trinajstić information content (AvgIpc) is 3.51.